The molecule has 5 heteroatoms. The van der Waals surface area contributed by atoms with Gasteiger partial charge in [-0.1, -0.05) is 28.1 Å². The van der Waals surface area contributed by atoms with Crippen LogP contribution in [0.15, 0.2) is 12.1 Å². The van der Waals surface area contributed by atoms with E-state index in [2.05, 4.69) is 15.9 Å². The SMILES string of the molecule is Cc1cc(C(Br)CS(C)(=O)=O)cc(C)c1F. The Morgan fingerprint density at radius 2 is 1.75 bits per heavy atom. The second-order valence-corrected chi connectivity index (χ2v) is 7.32. The average Bonchev–Trinajstić information content (AvgIpc) is 2.10. The van der Waals surface area contributed by atoms with Gasteiger partial charge in [0.1, 0.15) is 15.7 Å². The van der Waals surface area contributed by atoms with E-state index in [0.717, 1.165) is 5.56 Å². The van der Waals surface area contributed by atoms with Crippen LogP contribution in [-0.2, 0) is 9.84 Å². The van der Waals surface area contributed by atoms with Crippen LogP contribution in [0.5, 0.6) is 0 Å². The summed E-state index contributed by atoms with van der Waals surface area (Å²) in [6.45, 7) is 3.35. The lowest BCUT2D eigenvalue weighted by Crippen LogP contribution is -2.09. The predicted molar refractivity (Wildman–Crippen MR) is 67.3 cm³/mol. The molecule has 0 heterocycles. The summed E-state index contributed by atoms with van der Waals surface area (Å²) in [5.41, 5.74) is 1.86. The van der Waals surface area contributed by atoms with Gasteiger partial charge in [0.05, 0.1) is 10.6 Å². The highest BCUT2D eigenvalue weighted by Crippen LogP contribution is 2.27. The van der Waals surface area contributed by atoms with E-state index in [0.29, 0.717) is 11.1 Å². The van der Waals surface area contributed by atoms with Crippen LogP contribution in [0.1, 0.15) is 21.5 Å². The van der Waals surface area contributed by atoms with E-state index in [1.54, 1.807) is 26.0 Å². The van der Waals surface area contributed by atoms with Crippen molar-refractivity contribution in [2.24, 2.45) is 0 Å². The summed E-state index contributed by atoms with van der Waals surface area (Å²) in [7, 11) is -3.05. The smallest absolute Gasteiger partial charge is 0.148 e. The van der Waals surface area contributed by atoms with E-state index in [1.165, 1.54) is 6.26 Å². The van der Waals surface area contributed by atoms with Crippen molar-refractivity contribution >= 4 is 25.8 Å². The standard InChI is InChI=1S/C11H14BrFO2S/c1-7-4-9(5-8(2)11(7)13)10(12)6-16(3,14)15/h4-5,10H,6H2,1-3H3. The lowest BCUT2D eigenvalue weighted by Gasteiger charge is -2.12. The molecule has 0 aliphatic heterocycles. The number of halogens is 2. The van der Waals surface area contributed by atoms with Crippen LogP contribution in [-0.4, -0.2) is 20.4 Å². The monoisotopic (exact) mass is 308 g/mol. The minimum absolute atomic E-state index is 0.0114. The zero-order valence-corrected chi connectivity index (χ0v) is 11.8. The molecule has 1 aromatic rings. The normalized spacial score (nSPS) is 13.8. The molecule has 0 aliphatic carbocycles. The second kappa shape index (κ2) is 4.84. The van der Waals surface area contributed by atoms with Crippen LogP contribution in [0.4, 0.5) is 4.39 Å². The lowest BCUT2D eigenvalue weighted by atomic mass is 10.0. The van der Waals surface area contributed by atoms with Crippen LogP contribution >= 0.6 is 15.9 Å². The molecule has 0 saturated heterocycles. The molecule has 16 heavy (non-hydrogen) atoms. The van der Waals surface area contributed by atoms with Crippen LogP contribution in [0, 0.1) is 19.7 Å². The molecule has 0 fully saturated rings. The van der Waals surface area contributed by atoms with E-state index < -0.39 is 9.84 Å². The van der Waals surface area contributed by atoms with Gasteiger partial charge in [-0.2, -0.15) is 0 Å². The fraction of sp³-hybridized carbons (Fsp3) is 0.455. The van der Waals surface area contributed by atoms with Crippen molar-refractivity contribution in [2.75, 3.05) is 12.0 Å². The number of hydrogen-bond donors (Lipinski definition) is 0. The maximum absolute atomic E-state index is 13.4. The van der Waals surface area contributed by atoms with Crippen LogP contribution in [0.2, 0.25) is 0 Å². The van der Waals surface area contributed by atoms with Gasteiger partial charge in [0.15, 0.2) is 0 Å². The van der Waals surface area contributed by atoms with Crippen LogP contribution < -0.4 is 0 Å². The molecular formula is C11H14BrFO2S. The van der Waals surface area contributed by atoms with Crippen molar-refractivity contribution in [3.8, 4) is 0 Å². The molecule has 0 bridgehead atoms. The van der Waals surface area contributed by atoms with Gasteiger partial charge < -0.3 is 0 Å². The fourth-order valence-corrected chi connectivity index (χ4v) is 3.95. The maximum Gasteiger partial charge on any atom is 0.148 e. The van der Waals surface area contributed by atoms with Crippen molar-refractivity contribution in [3.05, 3.63) is 34.6 Å². The highest BCUT2D eigenvalue weighted by Gasteiger charge is 2.16. The molecule has 0 saturated carbocycles. The maximum atomic E-state index is 13.4. The molecule has 0 spiro atoms. The average molecular weight is 309 g/mol. The van der Waals surface area contributed by atoms with Crippen molar-refractivity contribution in [1.82, 2.24) is 0 Å². The summed E-state index contributed by atoms with van der Waals surface area (Å²) in [6, 6.07) is 3.35. The summed E-state index contributed by atoms with van der Waals surface area (Å²) in [5, 5.41) is 0. The largest absolute Gasteiger partial charge is 0.229 e. The predicted octanol–water partition coefficient (Wildman–Crippen LogP) is 2.92. The molecule has 1 aromatic carbocycles. The van der Waals surface area contributed by atoms with Gasteiger partial charge in [-0.25, -0.2) is 12.8 Å². The summed E-state index contributed by atoms with van der Waals surface area (Å²) in [6.07, 6.45) is 1.19. The summed E-state index contributed by atoms with van der Waals surface area (Å²) in [4.78, 5) is -0.291. The highest BCUT2D eigenvalue weighted by atomic mass is 79.9. The first-order chi connectivity index (χ1) is 7.20. The molecule has 1 atom stereocenters. The third kappa shape index (κ3) is 3.56. The number of sulfone groups is 1. The number of benzene rings is 1. The van der Waals surface area contributed by atoms with E-state index in [-0.39, 0.29) is 16.4 Å². The van der Waals surface area contributed by atoms with Gasteiger partial charge in [0, 0.05) is 6.26 Å². The molecule has 0 aliphatic rings. The van der Waals surface area contributed by atoms with Gasteiger partial charge in [0.25, 0.3) is 0 Å². The van der Waals surface area contributed by atoms with E-state index in [4.69, 9.17) is 0 Å². The first-order valence-electron chi connectivity index (χ1n) is 4.79. The third-order valence-corrected chi connectivity index (χ3v) is 4.49. The first kappa shape index (κ1) is 13.6. The van der Waals surface area contributed by atoms with Gasteiger partial charge in [-0.05, 0) is 30.5 Å². The Labute approximate surface area is 104 Å². The van der Waals surface area contributed by atoms with Gasteiger partial charge in [-0.3, -0.25) is 0 Å². The van der Waals surface area contributed by atoms with Gasteiger partial charge >= 0.3 is 0 Å². The van der Waals surface area contributed by atoms with Crippen LogP contribution in [0.25, 0.3) is 0 Å². The van der Waals surface area contributed by atoms with Crippen molar-refractivity contribution < 1.29 is 12.8 Å². The molecule has 90 valence electrons. The second-order valence-electron chi connectivity index (χ2n) is 4.03. The lowest BCUT2D eigenvalue weighted by molar-refractivity contribution is 0.600. The third-order valence-electron chi connectivity index (χ3n) is 2.27. The van der Waals surface area contributed by atoms with Crippen molar-refractivity contribution in [3.63, 3.8) is 0 Å². The molecular weight excluding hydrogens is 295 g/mol. The van der Waals surface area contributed by atoms with E-state index in [1.807, 2.05) is 0 Å². The quantitative estimate of drug-likeness (QED) is 0.805. The van der Waals surface area contributed by atoms with Gasteiger partial charge in [-0.15, -0.1) is 0 Å². The molecule has 0 amide bonds. The Bertz CT molecular complexity index is 474. The topological polar surface area (TPSA) is 34.1 Å². The molecule has 1 unspecified atom stereocenters. The molecule has 2 nitrogen and oxygen atoms in total. The minimum atomic E-state index is -3.05. The van der Waals surface area contributed by atoms with E-state index >= 15 is 0 Å². The Balaban J connectivity index is 3.06. The highest BCUT2D eigenvalue weighted by molar-refractivity contribution is 9.09. The first-order valence-corrected chi connectivity index (χ1v) is 7.77. The Morgan fingerprint density at radius 1 is 1.31 bits per heavy atom. The van der Waals surface area contributed by atoms with Crippen molar-refractivity contribution in [1.29, 1.82) is 0 Å². The Hall–Kier alpha value is -0.420. The number of aryl methyl sites for hydroxylation is 2. The number of hydrogen-bond acceptors (Lipinski definition) is 2. The zero-order chi connectivity index (χ0) is 12.5. The summed E-state index contributed by atoms with van der Waals surface area (Å²) >= 11 is 3.31. The van der Waals surface area contributed by atoms with Gasteiger partial charge in [0.2, 0.25) is 0 Å². The molecule has 0 aromatic heterocycles. The zero-order valence-electron chi connectivity index (χ0n) is 9.42. The Kier molecular flexibility index (Phi) is 4.12. The van der Waals surface area contributed by atoms with E-state index in [9.17, 15) is 12.8 Å². The van der Waals surface area contributed by atoms with Crippen molar-refractivity contribution in [2.45, 2.75) is 18.7 Å². The number of alkyl halides is 1. The Morgan fingerprint density at radius 3 is 2.12 bits per heavy atom. The molecule has 0 N–H and O–H groups in total. The molecule has 0 radical (unpaired) electrons. The fourth-order valence-electron chi connectivity index (χ4n) is 1.52. The summed E-state index contributed by atoms with van der Waals surface area (Å²) < 4.78 is 35.7. The minimum Gasteiger partial charge on any atom is -0.229 e. The summed E-state index contributed by atoms with van der Waals surface area (Å²) in [5.74, 6) is -0.222. The molecule has 1 rings (SSSR count). The number of rotatable bonds is 3. The van der Waals surface area contributed by atoms with Crippen LogP contribution in [0.3, 0.4) is 0 Å².